The quantitative estimate of drug-likeness (QED) is 0.137. The van der Waals surface area contributed by atoms with Gasteiger partial charge in [-0.3, -0.25) is 0 Å². The first kappa shape index (κ1) is 28.5. The second-order valence-corrected chi connectivity index (χ2v) is 9.85. The number of aromatic nitrogens is 5. The number of rotatable bonds is 13. The maximum absolute atomic E-state index is 6.20. The van der Waals surface area contributed by atoms with Gasteiger partial charge in [0.15, 0.2) is 17.3 Å². The van der Waals surface area contributed by atoms with Crippen molar-refractivity contribution in [2.24, 2.45) is 0 Å². The van der Waals surface area contributed by atoms with Crippen LogP contribution in [0.25, 0.3) is 29.5 Å². The van der Waals surface area contributed by atoms with E-state index in [1.807, 2.05) is 67.7 Å². The van der Waals surface area contributed by atoms with E-state index >= 15 is 0 Å². The van der Waals surface area contributed by atoms with Crippen LogP contribution in [0.15, 0.2) is 86.4 Å². The molecule has 4 heterocycles. The van der Waals surface area contributed by atoms with Crippen molar-refractivity contribution in [3.63, 3.8) is 0 Å². The second-order valence-electron chi connectivity index (χ2n) is 9.85. The van der Waals surface area contributed by atoms with Crippen molar-refractivity contribution >= 4 is 12.2 Å². The van der Waals surface area contributed by atoms with Crippen molar-refractivity contribution in [2.75, 3.05) is 7.11 Å². The zero-order valence-electron chi connectivity index (χ0n) is 24.6. The predicted molar refractivity (Wildman–Crippen MR) is 161 cm³/mol. The maximum Gasteiger partial charge on any atom is 0.263 e. The Kier molecular flexibility index (Phi) is 8.53. The molecular weight excluding hydrogens is 562 g/mol. The maximum atomic E-state index is 6.20. The molecule has 6 rings (SSSR count). The third-order valence-corrected chi connectivity index (χ3v) is 6.67. The molecule has 6 aromatic rings. The van der Waals surface area contributed by atoms with Crippen LogP contribution < -0.4 is 14.2 Å². The van der Waals surface area contributed by atoms with E-state index in [9.17, 15) is 0 Å². The number of hydrogen-bond acceptors (Lipinski definition) is 10. The summed E-state index contributed by atoms with van der Waals surface area (Å²) in [4.78, 5) is 4.51. The number of hydrogen-bond donors (Lipinski definition) is 0. The second kappa shape index (κ2) is 13.2. The highest BCUT2D eigenvalue weighted by atomic mass is 16.5. The molecule has 0 N–H and O–H groups in total. The lowest BCUT2D eigenvalue weighted by Gasteiger charge is -2.12. The Bertz CT molecular complexity index is 1840. The minimum absolute atomic E-state index is 0.203. The molecular formula is C33H31N5O6. The Hall–Kier alpha value is -5.58. The molecule has 0 spiro atoms. The molecule has 0 unspecified atom stereocenters. The van der Waals surface area contributed by atoms with Gasteiger partial charge in [-0.05, 0) is 61.4 Å². The van der Waals surface area contributed by atoms with Crippen LogP contribution >= 0.6 is 0 Å². The number of nitrogens with zero attached hydrogens (tertiary/aromatic N) is 5. The first-order chi connectivity index (χ1) is 21.6. The van der Waals surface area contributed by atoms with Crippen molar-refractivity contribution in [1.29, 1.82) is 0 Å². The number of ether oxygens (including phenoxy) is 3. The van der Waals surface area contributed by atoms with Crippen molar-refractivity contribution in [3.8, 4) is 34.7 Å². The summed E-state index contributed by atoms with van der Waals surface area (Å²) in [6.07, 6.45) is 8.75. The number of furan rings is 1. The average molecular weight is 594 g/mol. The first-order valence-corrected chi connectivity index (χ1v) is 14.2. The molecule has 0 bridgehead atoms. The molecule has 4 aromatic heterocycles. The van der Waals surface area contributed by atoms with E-state index in [1.54, 1.807) is 36.3 Å². The summed E-state index contributed by atoms with van der Waals surface area (Å²) in [7, 11) is 1.59. The van der Waals surface area contributed by atoms with Gasteiger partial charge in [-0.2, -0.15) is 0 Å². The number of para-hydroxylation sites is 1. The van der Waals surface area contributed by atoms with Gasteiger partial charge in [0.1, 0.15) is 24.7 Å². The molecule has 44 heavy (non-hydrogen) atoms. The van der Waals surface area contributed by atoms with Crippen LogP contribution in [0, 0.1) is 6.92 Å². The highest BCUT2D eigenvalue weighted by Gasteiger charge is 2.16. The SMILES string of the molecule is CCCc1nnc(C=Cc2cn(-c3ccccc3)nc2OCc2ccc(OCc3nc(-c4ccco4)oc3C)c(OC)c2)o1. The van der Waals surface area contributed by atoms with Gasteiger partial charge in [-0.25, -0.2) is 9.67 Å². The van der Waals surface area contributed by atoms with E-state index in [1.165, 1.54) is 0 Å². The summed E-state index contributed by atoms with van der Waals surface area (Å²) in [5, 5.41) is 12.9. The van der Waals surface area contributed by atoms with Crippen molar-refractivity contribution in [2.45, 2.75) is 39.9 Å². The molecule has 11 nitrogen and oxygen atoms in total. The van der Waals surface area contributed by atoms with Crippen LogP contribution in [0.2, 0.25) is 0 Å². The van der Waals surface area contributed by atoms with E-state index in [2.05, 4.69) is 22.1 Å². The molecule has 0 aliphatic rings. The van der Waals surface area contributed by atoms with E-state index < -0.39 is 0 Å². The largest absolute Gasteiger partial charge is 0.493 e. The van der Waals surface area contributed by atoms with Gasteiger partial charge in [0, 0.05) is 18.7 Å². The monoisotopic (exact) mass is 593 g/mol. The standard InChI is InChI=1S/C33H31N5O6/c1-4-9-30-35-36-31(44-30)16-14-24-19-38(25-10-6-5-7-11-25)37-32(24)42-20-23-13-15-27(29(18-23)39-3)41-21-26-22(2)43-33(34-26)28-12-8-17-40-28/h5-8,10-19H,4,9,20-21H2,1-3H3. The van der Waals surface area contributed by atoms with E-state index in [0.29, 0.717) is 52.3 Å². The van der Waals surface area contributed by atoms with Crippen molar-refractivity contribution < 1.29 is 27.5 Å². The normalized spacial score (nSPS) is 11.3. The van der Waals surface area contributed by atoms with Crippen molar-refractivity contribution in [1.82, 2.24) is 25.0 Å². The Morgan fingerprint density at radius 1 is 0.909 bits per heavy atom. The summed E-state index contributed by atoms with van der Waals surface area (Å²) in [6.45, 7) is 4.36. The third kappa shape index (κ3) is 6.57. The molecule has 0 fully saturated rings. The molecule has 0 aliphatic carbocycles. The summed E-state index contributed by atoms with van der Waals surface area (Å²) in [6, 6.07) is 19.0. The molecule has 0 saturated carbocycles. The van der Waals surface area contributed by atoms with E-state index in [-0.39, 0.29) is 13.2 Å². The third-order valence-electron chi connectivity index (χ3n) is 6.67. The lowest BCUT2D eigenvalue weighted by Crippen LogP contribution is -2.02. The molecule has 224 valence electrons. The average Bonchev–Trinajstić information content (AvgIpc) is 3.87. The van der Waals surface area contributed by atoms with Gasteiger partial charge >= 0.3 is 0 Å². The summed E-state index contributed by atoms with van der Waals surface area (Å²) in [5.74, 6) is 4.24. The zero-order valence-corrected chi connectivity index (χ0v) is 24.6. The van der Waals surface area contributed by atoms with Crippen LogP contribution in [-0.2, 0) is 19.6 Å². The fourth-order valence-electron chi connectivity index (χ4n) is 4.41. The topological polar surface area (TPSA) is 124 Å². The molecule has 0 atom stereocenters. The Balaban J connectivity index is 1.16. The number of oxazole rings is 1. The summed E-state index contributed by atoms with van der Waals surface area (Å²) < 4.78 is 36.4. The van der Waals surface area contributed by atoms with E-state index in [0.717, 1.165) is 29.7 Å². The molecule has 0 radical (unpaired) electrons. The molecule has 0 saturated heterocycles. The summed E-state index contributed by atoms with van der Waals surface area (Å²) >= 11 is 0. The lowest BCUT2D eigenvalue weighted by molar-refractivity contribution is 0.275. The van der Waals surface area contributed by atoms with Crippen LogP contribution in [0.5, 0.6) is 17.4 Å². The number of benzene rings is 2. The van der Waals surface area contributed by atoms with Crippen LogP contribution in [0.4, 0.5) is 0 Å². The summed E-state index contributed by atoms with van der Waals surface area (Å²) in [5.41, 5.74) is 3.20. The van der Waals surface area contributed by atoms with Gasteiger partial charge in [0.25, 0.3) is 5.89 Å². The zero-order chi connectivity index (χ0) is 30.3. The highest BCUT2D eigenvalue weighted by molar-refractivity contribution is 5.68. The lowest BCUT2D eigenvalue weighted by atomic mass is 10.2. The first-order valence-electron chi connectivity index (χ1n) is 14.2. The van der Waals surface area contributed by atoms with Crippen LogP contribution in [0.3, 0.4) is 0 Å². The predicted octanol–water partition coefficient (Wildman–Crippen LogP) is 7.10. The number of aryl methyl sites for hydroxylation is 2. The van der Waals surface area contributed by atoms with Gasteiger partial charge in [-0.15, -0.1) is 15.3 Å². The van der Waals surface area contributed by atoms with Gasteiger partial charge < -0.3 is 27.5 Å². The smallest absolute Gasteiger partial charge is 0.263 e. The Morgan fingerprint density at radius 3 is 2.59 bits per heavy atom. The van der Waals surface area contributed by atoms with Crippen molar-refractivity contribution in [3.05, 3.63) is 107 Å². The minimum Gasteiger partial charge on any atom is -0.493 e. The van der Waals surface area contributed by atoms with Gasteiger partial charge in [0.05, 0.1) is 24.6 Å². The minimum atomic E-state index is 0.203. The fraction of sp³-hybridized carbons (Fsp3) is 0.212. The van der Waals surface area contributed by atoms with Crippen LogP contribution in [0.1, 0.15) is 47.7 Å². The molecule has 0 aliphatic heterocycles. The van der Waals surface area contributed by atoms with Crippen LogP contribution in [-0.4, -0.2) is 32.1 Å². The molecule has 0 amide bonds. The van der Waals surface area contributed by atoms with E-state index in [4.69, 9.17) is 32.6 Å². The highest BCUT2D eigenvalue weighted by Crippen LogP contribution is 2.31. The van der Waals surface area contributed by atoms with Gasteiger partial charge in [-0.1, -0.05) is 31.2 Å². The fourth-order valence-corrected chi connectivity index (χ4v) is 4.41. The molecule has 2 aromatic carbocycles. The molecule has 11 heteroatoms. The number of methoxy groups -OCH3 is 1. The van der Waals surface area contributed by atoms with Gasteiger partial charge in [0.2, 0.25) is 17.7 Å². The Labute approximate surface area is 253 Å². The Morgan fingerprint density at radius 2 is 1.80 bits per heavy atom.